The van der Waals surface area contributed by atoms with Crippen LogP contribution in [0.1, 0.15) is 31.0 Å². The monoisotopic (exact) mass is 388 g/mol. The number of fused-ring (bicyclic) bond motifs is 1. The van der Waals surface area contributed by atoms with Crippen molar-refractivity contribution >= 4 is 17.6 Å². The number of nitrogens with zero attached hydrogens (tertiary/aromatic N) is 5. The number of hydrogen-bond acceptors (Lipinski definition) is 5. The Morgan fingerprint density at radius 1 is 1.07 bits per heavy atom. The molecule has 0 radical (unpaired) electrons. The highest BCUT2D eigenvalue weighted by atomic mass is 16.2. The molecule has 0 spiro atoms. The van der Waals surface area contributed by atoms with Gasteiger partial charge in [-0.15, -0.1) is 0 Å². The van der Waals surface area contributed by atoms with E-state index >= 15 is 0 Å². The van der Waals surface area contributed by atoms with Crippen molar-refractivity contribution < 1.29 is 4.79 Å². The van der Waals surface area contributed by atoms with Gasteiger partial charge in [0.15, 0.2) is 0 Å². The van der Waals surface area contributed by atoms with Crippen molar-refractivity contribution in [3.63, 3.8) is 0 Å². The van der Waals surface area contributed by atoms with Gasteiger partial charge >= 0.3 is 0 Å². The Morgan fingerprint density at radius 2 is 1.76 bits per heavy atom. The quantitative estimate of drug-likeness (QED) is 0.703. The van der Waals surface area contributed by atoms with Crippen molar-refractivity contribution in [1.82, 2.24) is 25.5 Å². The van der Waals surface area contributed by atoms with Crippen LogP contribution in [0.2, 0.25) is 0 Å². The molecule has 1 aliphatic heterocycles. The summed E-state index contributed by atoms with van der Waals surface area (Å²) in [5.41, 5.74) is 3.01. The second-order valence-corrected chi connectivity index (χ2v) is 7.48. The van der Waals surface area contributed by atoms with Crippen LogP contribution in [0.25, 0.3) is 5.70 Å². The van der Waals surface area contributed by atoms with Gasteiger partial charge in [-0.05, 0) is 33.5 Å². The maximum absolute atomic E-state index is 12.6. The number of nitrogens with one attached hydrogen (secondary N) is 1. The summed E-state index contributed by atoms with van der Waals surface area (Å²) in [7, 11) is 0. The first-order valence-corrected chi connectivity index (χ1v) is 9.78. The van der Waals surface area contributed by atoms with Crippen LogP contribution in [-0.2, 0) is 4.79 Å². The number of anilines is 1. The molecule has 1 N–H and O–H groups in total. The van der Waals surface area contributed by atoms with Gasteiger partial charge < -0.3 is 5.32 Å². The van der Waals surface area contributed by atoms with E-state index in [0.29, 0.717) is 18.4 Å². The largest absolute Gasteiger partial charge is 0.354 e. The van der Waals surface area contributed by atoms with Crippen molar-refractivity contribution in [2.45, 2.75) is 19.9 Å². The molecule has 1 aromatic heterocycles. The summed E-state index contributed by atoms with van der Waals surface area (Å²) >= 11 is 0. The maximum atomic E-state index is 12.6. The predicted molar refractivity (Wildman–Crippen MR) is 112 cm³/mol. The van der Waals surface area contributed by atoms with Crippen LogP contribution in [0.3, 0.4) is 0 Å². The zero-order chi connectivity index (χ0) is 20.2. The highest BCUT2D eigenvalue weighted by Crippen LogP contribution is 2.35. The lowest BCUT2D eigenvalue weighted by Gasteiger charge is -2.32. The van der Waals surface area contributed by atoms with Gasteiger partial charge in [-0.2, -0.15) is 4.68 Å². The fourth-order valence-corrected chi connectivity index (χ4v) is 3.39. The van der Waals surface area contributed by atoms with Crippen molar-refractivity contribution in [1.29, 1.82) is 0 Å². The second kappa shape index (κ2) is 8.26. The van der Waals surface area contributed by atoms with Gasteiger partial charge in [0.1, 0.15) is 12.6 Å². The lowest BCUT2D eigenvalue weighted by molar-refractivity contribution is -0.119. The molecule has 148 valence electrons. The average Bonchev–Trinajstić information content (AvgIpc) is 3.24. The van der Waals surface area contributed by atoms with Crippen LogP contribution in [0, 0.1) is 5.92 Å². The first-order chi connectivity index (χ1) is 14.1. The topological polar surface area (TPSA) is 75.9 Å². The Labute approximate surface area is 170 Å². The van der Waals surface area contributed by atoms with E-state index in [1.165, 1.54) is 0 Å². The highest BCUT2D eigenvalue weighted by molar-refractivity contribution is 5.89. The van der Waals surface area contributed by atoms with E-state index in [1.807, 2.05) is 53.4 Å². The van der Waals surface area contributed by atoms with Crippen LogP contribution in [0.4, 0.5) is 5.95 Å². The third-order valence-corrected chi connectivity index (χ3v) is 4.81. The molecule has 29 heavy (non-hydrogen) atoms. The van der Waals surface area contributed by atoms with Gasteiger partial charge in [0, 0.05) is 6.54 Å². The molecule has 0 unspecified atom stereocenters. The van der Waals surface area contributed by atoms with E-state index in [1.54, 1.807) is 4.68 Å². The molecule has 3 aromatic rings. The van der Waals surface area contributed by atoms with Crippen LogP contribution in [-0.4, -0.2) is 39.2 Å². The van der Waals surface area contributed by atoms with Crippen LogP contribution in [0.5, 0.6) is 0 Å². The molecule has 0 aliphatic carbocycles. The molecule has 0 fully saturated rings. The van der Waals surface area contributed by atoms with Gasteiger partial charge in [0.25, 0.3) is 5.95 Å². The minimum atomic E-state index is -0.147. The van der Waals surface area contributed by atoms with Gasteiger partial charge in [-0.25, -0.2) is 0 Å². The first-order valence-electron chi connectivity index (χ1n) is 9.78. The Kier molecular flexibility index (Phi) is 5.37. The fraction of sp³-hybridized carbons (Fsp3) is 0.273. The van der Waals surface area contributed by atoms with Crippen LogP contribution < -0.4 is 10.2 Å². The van der Waals surface area contributed by atoms with Crippen molar-refractivity contribution in [2.24, 2.45) is 5.92 Å². The van der Waals surface area contributed by atoms with Crippen LogP contribution in [0.15, 0.2) is 66.7 Å². The standard InChI is InChI=1S/C22H24N6O/c1-16(2)14-23-21(29)15-27-19(17-9-5-3-6-10-17)13-20(18-11-7-4-8-12-18)28-22(27)24-25-26-28/h3-13,16,20H,14-15H2,1-2H3,(H,23,29)/t20-/m0/s1. The zero-order valence-corrected chi connectivity index (χ0v) is 16.6. The number of benzene rings is 2. The number of carbonyl (C=O) groups is 1. The normalized spacial score (nSPS) is 15.8. The highest BCUT2D eigenvalue weighted by Gasteiger charge is 2.31. The van der Waals surface area contributed by atoms with E-state index in [2.05, 4.69) is 52.9 Å². The molecule has 1 amide bonds. The van der Waals surface area contributed by atoms with E-state index < -0.39 is 0 Å². The summed E-state index contributed by atoms with van der Waals surface area (Å²) in [6.07, 6.45) is 2.11. The molecule has 2 aromatic carbocycles. The lowest BCUT2D eigenvalue weighted by Crippen LogP contribution is -2.41. The van der Waals surface area contributed by atoms with E-state index in [9.17, 15) is 4.79 Å². The van der Waals surface area contributed by atoms with Crippen molar-refractivity contribution in [3.05, 3.63) is 77.9 Å². The maximum Gasteiger partial charge on any atom is 0.251 e. The molecule has 7 heteroatoms. The average molecular weight is 388 g/mol. The number of rotatable bonds is 6. The number of hydrogen-bond donors (Lipinski definition) is 1. The molecular weight excluding hydrogens is 364 g/mol. The zero-order valence-electron chi connectivity index (χ0n) is 16.6. The molecule has 1 atom stereocenters. The molecule has 2 heterocycles. The van der Waals surface area contributed by atoms with E-state index in [0.717, 1.165) is 16.8 Å². The molecule has 0 saturated carbocycles. The minimum absolute atomic E-state index is 0.0618. The Hall–Kier alpha value is -3.48. The summed E-state index contributed by atoms with van der Waals surface area (Å²) < 4.78 is 1.76. The van der Waals surface area contributed by atoms with Crippen LogP contribution >= 0.6 is 0 Å². The smallest absolute Gasteiger partial charge is 0.251 e. The Balaban J connectivity index is 1.74. The Bertz CT molecular complexity index is 996. The van der Waals surface area contributed by atoms with Gasteiger partial charge in [-0.3, -0.25) is 9.69 Å². The number of tetrazole rings is 1. The van der Waals surface area contributed by atoms with Crippen molar-refractivity contribution in [2.75, 3.05) is 18.0 Å². The number of aromatic nitrogens is 4. The first kappa shape index (κ1) is 18.9. The molecule has 4 rings (SSSR count). The molecular formula is C22H24N6O. The summed E-state index contributed by atoms with van der Waals surface area (Å²) in [5.74, 6) is 0.880. The minimum Gasteiger partial charge on any atom is -0.354 e. The van der Waals surface area contributed by atoms with Crippen molar-refractivity contribution in [3.8, 4) is 0 Å². The predicted octanol–water partition coefficient (Wildman–Crippen LogP) is 2.90. The summed E-state index contributed by atoms with van der Waals surface area (Å²) in [6, 6.07) is 20.0. The van der Waals surface area contributed by atoms with E-state index in [-0.39, 0.29) is 18.5 Å². The van der Waals surface area contributed by atoms with Gasteiger partial charge in [-0.1, -0.05) is 79.6 Å². The van der Waals surface area contributed by atoms with E-state index in [4.69, 9.17) is 0 Å². The molecule has 0 bridgehead atoms. The second-order valence-electron chi connectivity index (χ2n) is 7.48. The van der Waals surface area contributed by atoms with Gasteiger partial charge in [0.05, 0.1) is 5.70 Å². The molecule has 0 saturated heterocycles. The lowest BCUT2D eigenvalue weighted by atomic mass is 10.0. The Morgan fingerprint density at radius 3 is 2.45 bits per heavy atom. The molecule has 7 nitrogen and oxygen atoms in total. The molecule has 1 aliphatic rings. The SMILES string of the molecule is CC(C)CNC(=O)CN1C(c2ccccc2)=C[C@@H](c2ccccc2)n2nnnc21. The number of carbonyl (C=O) groups excluding carboxylic acids is 1. The fourth-order valence-electron chi connectivity index (χ4n) is 3.39. The summed E-state index contributed by atoms with van der Waals surface area (Å²) in [6.45, 7) is 4.92. The third-order valence-electron chi connectivity index (χ3n) is 4.81. The summed E-state index contributed by atoms with van der Waals surface area (Å²) in [4.78, 5) is 14.5. The third kappa shape index (κ3) is 4.03. The van der Waals surface area contributed by atoms with Gasteiger partial charge in [0.2, 0.25) is 5.91 Å². The summed E-state index contributed by atoms with van der Waals surface area (Å²) in [5, 5.41) is 15.3. The number of amides is 1. The number of allylic oxidation sites excluding steroid dienone is 1.